The maximum atomic E-state index is 12.4. The van der Waals surface area contributed by atoms with E-state index in [2.05, 4.69) is 17.0 Å². The summed E-state index contributed by atoms with van der Waals surface area (Å²) in [5.74, 6) is 0. The van der Waals surface area contributed by atoms with Crippen molar-refractivity contribution < 1.29 is 20.8 Å². The van der Waals surface area contributed by atoms with Crippen molar-refractivity contribution in [3.63, 3.8) is 0 Å². The molecule has 4 nitrogen and oxygen atoms in total. The van der Waals surface area contributed by atoms with Gasteiger partial charge in [-0.15, -0.1) is 0 Å². The fourth-order valence-electron chi connectivity index (χ4n) is 2.80. The quantitative estimate of drug-likeness (QED) is 0.725. The molecule has 1 aliphatic rings. The first kappa shape index (κ1) is 19.7. The van der Waals surface area contributed by atoms with E-state index in [0.29, 0.717) is 13.1 Å². The second-order valence-electron chi connectivity index (χ2n) is 5.92. The molecule has 0 amide bonds. The van der Waals surface area contributed by atoms with Crippen molar-refractivity contribution in [3.8, 4) is 0 Å². The molecular formula is C19H22ClN2O2S-. The van der Waals surface area contributed by atoms with Gasteiger partial charge in [0.25, 0.3) is 0 Å². The molecule has 2 aromatic rings. The molecule has 0 aromatic heterocycles. The molecule has 2 aromatic carbocycles. The lowest BCUT2D eigenvalue weighted by molar-refractivity contribution is -0.00000743. The summed E-state index contributed by atoms with van der Waals surface area (Å²) in [7, 11) is -3.35. The van der Waals surface area contributed by atoms with Crippen molar-refractivity contribution in [1.82, 2.24) is 9.21 Å². The normalized spacial score (nSPS) is 16.6. The Morgan fingerprint density at radius 1 is 0.840 bits per heavy atom. The molecule has 1 saturated heterocycles. The van der Waals surface area contributed by atoms with Crippen LogP contribution in [0.15, 0.2) is 66.1 Å². The van der Waals surface area contributed by atoms with Crippen molar-refractivity contribution in [1.29, 1.82) is 0 Å². The summed E-state index contributed by atoms with van der Waals surface area (Å²) in [5, 5.41) is 1.31. The van der Waals surface area contributed by atoms with E-state index in [1.165, 1.54) is 11.0 Å². The van der Waals surface area contributed by atoms with Gasteiger partial charge in [-0.1, -0.05) is 60.7 Å². The third-order valence-corrected chi connectivity index (χ3v) is 5.74. The smallest absolute Gasteiger partial charge is 0.236 e. The molecule has 0 saturated carbocycles. The molecule has 0 atom stereocenters. The Hall–Kier alpha value is -1.66. The van der Waals surface area contributed by atoms with Crippen LogP contribution >= 0.6 is 0 Å². The predicted octanol–water partition coefficient (Wildman–Crippen LogP) is -0.191. The number of hydrogen-bond donors (Lipinski definition) is 0. The minimum atomic E-state index is -3.35. The fourth-order valence-corrected chi connectivity index (χ4v) is 3.97. The van der Waals surface area contributed by atoms with Gasteiger partial charge in [0.15, 0.2) is 0 Å². The highest BCUT2D eigenvalue weighted by molar-refractivity contribution is 7.92. The number of sulfonamides is 1. The zero-order valence-corrected chi connectivity index (χ0v) is 15.5. The van der Waals surface area contributed by atoms with Crippen LogP contribution in [0.4, 0.5) is 0 Å². The second-order valence-corrected chi connectivity index (χ2v) is 7.74. The standard InChI is InChI=1S/C19H22N2O2S.ClH/c22-24(23,16-11-18-7-3-1-4-8-18)21-14-12-20(13-15-21)17-19-9-5-2-6-10-19;/h1-11,16H,12-15,17H2;1H/p-1/b16-11+;. The SMILES string of the molecule is O=S(=O)(/C=C/c1ccccc1)N1CCN(Cc2ccccc2)CC1.[Cl-]. The minimum Gasteiger partial charge on any atom is -1.00 e. The van der Waals surface area contributed by atoms with Gasteiger partial charge in [-0.2, -0.15) is 4.31 Å². The van der Waals surface area contributed by atoms with E-state index in [1.807, 2.05) is 48.5 Å². The summed E-state index contributed by atoms with van der Waals surface area (Å²) in [6.07, 6.45) is 1.66. The van der Waals surface area contributed by atoms with Gasteiger partial charge in [-0.05, 0) is 17.2 Å². The van der Waals surface area contributed by atoms with Gasteiger partial charge in [0.05, 0.1) is 0 Å². The first-order chi connectivity index (χ1) is 11.6. The van der Waals surface area contributed by atoms with Crippen molar-refractivity contribution in [3.05, 3.63) is 77.2 Å². The Balaban J connectivity index is 0.00000225. The zero-order valence-electron chi connectivity index (χ0n) is 14.0. The molecule has 1 aliphatic heterocycles. The van der Waals surface area contributed by atoms with Crippen LogP contribution in [0.2, 0.25) is 0 Å². The fraction of sp³-hybridized carbons (Fsp3) is 0.263. The molecular weight excluding hydrogens is 356 g/mol. The van der Waals surface area contributed by atoms with Crippen LogP contribution in [0.1, 0.15) is 11.1 Å². The van der Waals surface area contributed by atoms with Gasteiger partial charge in [-0.3, -0.25) is 4.90 Å². The summed E-state index contributed by atoms with van der Waals surface area (Å²) < 4.78 is 26.5. The summed E-state index contributed by atoms with van der Waals surface area (Å²) >= 11 is 0. The van der Waals surface area contributed by atoms with E-state index < -0.39 is 10.0 Å². The van der Waals surface area contributed by atoms with Gasteiger partial charge in [0, 0.05) is 38.1 Å². The number of halogens is 1. The van der Waals surface area contributed by atoms with Crippen molar-refractivity contribution in [2.24, 2.45) is 0 Å². The lowest BCUT2D eigenvalue weighted by Gasteiger charge is -2.33. The first-order valence-electron chi connectivity index (χ1n) is 8.13. The number of rotatable bonds is 5. The Kier molecular flexibility index (Phi) is 7.20. The van der Waals surface area contributed by atoms with E-state index in [1.54, 1.807) is 10.4 Å². The van der Waals surface area contributed by atoms with Crippen LogP contribution in [0.25, 0.3) is 6.08 Å². The first-order valence-corrected chi connectivity index (χ1v) is 9.63. The van der Waals surface area contributed by atoms with Crippen LogP contribution in [-0.2, 0) is 16.6 Å². The third-order valence-electron chi connectivity index (χ3n) is 4.17. The highest BCUT2D eigenvalue weighted by Gasteiger charge is 2.24. The average Bonchev–Trinajstić information content (AvgIpc) is 2.62. The van der Waals surface area contributed by atoms with E-state index in [-0.39, 0.29) is 12.4 Å². The Bertz CT molecular complexity index is 772. The van der Waals surface area contributed by atoms with Crippen LogP contribution in [0.5, 0.6) is 0 Å². The zero-order chi connectivity index (χ0) is 16.8. The van der Waals surface area contributed by atoms with Gasteiger partial charge in [-0.25, -0.2) is 8.42 Å². The lowest BCUT2D eigenvalue weighted by atomic mass is 10.2. The van der Waals surface area contributed by atoms with E-state index in [4.69, 9.17) is 0 Å². The van der Waals surface area contributed by atoms with E-state index in [9.17, 15) is 8.42 Å². The van der Waals surface area contributed by atoms with Crippen LogP contribution in [0, 0.1) is 0 Å². The van der Waals surface area contributed by atoms with Crippen molar-refractivity contribution >= 4 is 16.1 Å². The highest BCUT2D eigenvalue weighted by Crippen LogP contribution is 2.13. The number of piperazine rings is 1. The molecule has 0 N–H and O–H groups in total. The van der Waals surface area contributed by atoms with Crippen LogP contribution < -0.4 is 12.4 Å². The molecule has 0 radical (unpaired) electrons. The van der Waals surface area contributed by atoms with Gasteiger partial charge >= 0.3 is 0 Å². The monoisotopic (exact) mass is 377 g/mol. The van der Waals surface area contributed by atoms with Crippen molar-refractivity contribution in [2.45, 2.75) is 6.54 Å². The number of hydrogen-bond acceptors (Lipinski definition) is 3. The Morgan fingerprint density at radius 2 is 1.40 bits per heavy atom. The maximum Gasteiger partial charge on any atom is 0.236 e. The average molecular weight is 378 g/mol. The molecule has 134 valence electrons. The van der Waals surface area contributed by atoms with Crippen molar-refractivity contribution in [2.75, 3.05) is 26.2 Å². The number of benzene rings is 2. The molecule has 0 unspecified atom stereocenters. The lowest BCUT2D eigenvalue weighted by Crippen LogP contribution is -3.00. The van der Waals surface area contributed by atoms with Gasteiger partial charge in [0.2, 0.25) is 10.0 Å². The Morgan fingerprint density at radius 3 is 2.00 bits per heavy atom. The molecule has 1 fully saturated rings. The second kappa shape index (κ2) is 9.15. The Labute approximate surface area is 156 Å². The molecule has 1 heterocycles. The van der Waals surface area contributed by atoms with Crippen LogP contribution in [-0.4, -0.2) is 43.8 Å². The topological polar surface area (TPSA) is 40.6 Å². The number of nitrogens with zero attached hydrogens (tertiary/aromatic N) is 2. The molecule has 0 bridgehead atoms. The van der Waals surface area contributed by atoms with Gasteiger partial charge in [0.1, 0.15) is 0 Å². The maximum absolute atomic E-state index is 12.4. The predicted molar refractivity (Wildman–Crippen MR) is 97.7 cm³/mol. The summed E-state index contributed by atoms with van der Waals surface area (Å²) in [4.78, 5) is 2.29. The molecule has 6 heteroatoms. The molecule has 25 heavy (non-hydrogen) atoms. The molecule has 0 aliphatic carbocycles. The molecule has 0 spiro atoms. The summed E-state index contributed by atoms with van der Waals surface area (Å²) in [6.45, 7) is 3.46. The van der Waals surface area contributed by atoms with Crippen LogP contribution in [0.3, 0.4) is 0 Å². The van der Waals surface area contributed by atoms with E-state index in [0.717, 1.165) is 25.2 Å². The highest BCUT2D eigenvalue weighted by atomic mass is 35.5. The van der Waals surface area contributed by atoms with E-state index >= 15 is 0 Å². The largest absolute Gasteiger partial charge is 1.00 e. The third kappa shape index (κ3) is 5.68. The summed E-state index contributed by atoms with van der Waals surface area (Å²) in [5.41, 5.74) is 2.15. The molecule has 3 rings (SSSR count). The minimum absolute atomic E-state index is 0. The summed E-state index contributed by atoms with van der Waals surface area (Å²) in [6, 6.07) is 19.8. The van der Waals surface area contributed by atoms with Gasteiger partial charge < -0.3 is 12.4 Å².